The van der Waals surface area contributed by atoms with Crippen LogP contribution in [0.25, 0.3) is 32.9 Å². The molecule has 1 atom stereocenters. The Bertz CT molecular complexity index is 1710. The van der Waals surface area contributed by atoms with E-state index >= 15 is 4.39 Å². The number of pyridine rings is 1. The number of halogens is 2. The summed E-state index contributed by atoms with van der Waals surface area (Å²) in [7, 11) is 0. The predicted molar refractivity (Wildman–Crippen MR) is 155 cm³/mol. The molecule has 2 aromatic carbocycles. The molecule has 1 N–H and O–H groups in total. The van der Waals surface area contributed by atoms with Crippen molar-refractivity contribution in [2.75, 3.05) is 70.5 Å². The molecule has 0 spiro atoms. The molecule has 0 saturated carbocycles. The van der Waals surface area contributed by atoms with E-state index in [4.69, 9.17) is 20.9 Å². The first-order valence-electron chi connectivity index (χ1n) is 14.2. The minimum absolute atomic E-state index is 0.0227. The number of rotatable bonds is 5. The summed E-state index contributed by atoms with van der Waals surface area (Å²) in [4.78, 5) is 20.6. The first kappa shape index (κ1) is 26.8. The Kier molecular flexibility index (Phi) is 6.98. The number of hydrogen-bond donors (Lipinski definition) is 1. The van der Waals surface area contributed by atoms with Gasteiger partial charge in [-0.2, -0.15) is 9.97 Å². The molecule has 2 aromatic heterocycles. The largest absolute Gasteiger partial charge is 0.508 e. The summed E-state index contributed by atoms with van der Waals surface area (Å²) < 4.78 is 43.1. The highest BCUT2D eigenvalue weighted by Crippen LogP contribution is 2.38. The van der Waals surface area contributed by atoms with Gasteiger partial charge in [0.1, 0.15) is 35.2 Å². The van der Waals surface area contributed by atoms with Gasteiger partial charge in [-0.15, -0.1) is 6.42 Å². The first-order chi connectivity index (χ1) is 20.5. The van der Waals surface area contributed by atoms with Crippen molar-refractivity contribution in [2.45, 2.75) is 12.5 Å². The maximum atomic E-state index is 16.6. The average molecular weight is 573 g/mol. The van der Waals surface area contributed by atoms with Crippen LogP contribution in [0.15, 0.2) is 30.5 Å². The summed E-state index contributed by atoms with van der Waals surface area (Å²) in [6.07, 6.45) is 7.96. The Morgan fingerprint density at radius 1 is 1.07 bits per heavy atom. The summed E-state index contributed by atoms with van der Waals surface area (Å²) in [6, 6.07) is 5.79. The Labute approximate surface area is 241 Å². The van der Waals surface area contributed by atoms with E-state index in [2.05, 4.69) is 25.7 Å². The van der Waals surface area contributed by atoms with Crippen LogP contribution in [-0.2, 0) is 4.74 Å². The summed E-state index contributed by atoms with van der Waals surface area (Å²) in [6.45, 7) is 7.77. The molecule has 4 saturated heterocycles. The van der Waals surface area contributed by atoms with Crippen LogP contribution in [-0.4, -0.2) is 102 Å². The van der Waals surface area contributed by atoms with Crippen LogP contribution in [0.4, 0.5) is 14.6 Å². The lowest BCUT2D eigenvalue weighted by Crippen LogP contribution is -2.62. The van der Waals surface area contributed by atoms with Gasteiger partial charge in [0.25, 0.3) is 0 Å². The number of ether oxygens (including phenoxy) is 2. The van der Waals surface area contributed by atoms with Crippen LogP contribution in [0.5, 0.6) is 11.8 Å². The molecule has 0 aliphatic carbocycles. The van der Waals surface area contributed by atoms with Gasteiger partial charge in [-0.25, -0.2) is 8.78 Å². The summed E-state index contributed by atoms with van der Waals surface area (Å²) in [5.74, 6) is 1.40. The van der Waals surface area contributed by atoms with E-state index in [0.29, 0.717) is 49.5 Å². The molecule has 4 aromatic rings. The molecule has 42 heavy (non-hydrogen) atoms. The summed E-state index contributed by atoms with van der Waals surface area (Å²) >= 11 is 0. The minimum Gasteiger partial charge on any atom is -0.508 e. The second kappa shape index (κ2) is 10.9. The SMILES string of the molecule is C#Cc1c(F)ccc2cc(O)cc(-c3ncc4c(N5CCCOCC5)nc(OCC5CN6CCN5CC6)nc4c3F)c12. The molecule has 1 unspecified atom stereocenters. The number of piperazine rings is 3. The van der Waals surface area contributed by atoms with Gasteiger partial charge in [-0.05, 0) is 30.0 Å². The lowest BCUT2D eigenvalue weighted by atomic mass is 9.96. The van der Waals surface area contributed by atoms with Crippen molar-refractivity contribution in [1.82, 2.24) is 24.8 Å². The highest BCUT2D eigenvalue weighted by Gasteiger charge is 2.32. The van der Waals surface area contributed by atoms with E-state index in [0.717, 1.165) is 39.1 Å². The number of hydrogen-bond acceptors (Lipinski definition) is 9. The highest BCUT2D eigenvalue weighted by atomic mass is 19.1. The molecule has 6 heterocycles. The molecule has 216 valence electrons. The molecule has 4 aliphatic heterocycles. The van der Waals surface area contributed by atoms with E-state index in [1.807, 2.05) is 4.90 Å². The van der Waals surface area contributed by atoms with Gasteiger partial charge < -0.3 is 19.5 Å². The van der Waals surface area contributed by atoms with Crippen molar-refractivity contribution in [3.8, 4) is 35.4 Å². The number of aromatic hydroxyl groups is 1. The number of nitrogens with zero attached hydrogens (tertiary/aromatic N) is 6. The highest BCUT2D eigenvalue weighted by molar-refractivity contribution is 6.03. The van der Waals surface area contributed by atoms with E-state index in [1.165, 1.54) is 30.5 Å². The third kappa shape index (κ3) is 4.75. The average Bonchev–Trinajstić information content (AvgIpc) is 3.30. The number of terminal acetylenes is 1. The summed E-state index contributed by atoms with van der Waals surface area (Å²) in [5.41, 5.74) is 0.0503. The second-order valence-corrected chi connectivity index (χ2v) is 10.9. The standard InChI is InChI=1S/C31H30F2N6O3/c1-2-22-25(32)5-4-19-14-21(40)15-23(26(19)22)28-27(33)29-24(16-34-28)30(39-6-3-12-41-13-11-39)36-31(35-29)42-18-20-17-37-7-9-38(20)10-8-37/h1,4-5,14-16,20,40H,3,6-13,17-18H2. The maximum Gasteiger partial charge on any atom is 0.319 e. The molecular weight excluding hydrogens is 542 g/mol. The lowest BCUT2D eigenvalue weighted by Gasteiger charge is -2.47. The molecular formula is C31H30F2N6O3. The van der Waals surface area contributed by atoms with Gasteiger partial charge in [-0.1, -0.05) is 12.0 Å². The smallest absolute Gasteiger partial charge is 0.319 e. The van der Waals surface area contributed by atoms with Gasteiger partial charge in [0.15, 0.2) is 5.82 Å². The molecule has 0 amide bonds. The topological polar surface area (TPSA) is 87.1 Å². The third-order valence-electron chi connectivity index (χ3n) is 8.41. The molecule has 2 bridgehead atoms. The minimum atomic E-state index is -0.738. The fourth-order valence-corrected chi connectivity index (χ4v) is 6.28. The van der Waals surface area contributed by atoms with E-state index < -0.39 is 11.6 Å². The van der Waals surface area contributed by atoms with Crippen molar-refractivity contribution in [2.24, 2.45) is 0 Å². The van der Waals surface area contributed by atoms with Crippen molar-refractivity contribution in [3.63, 3.8) is 0 Å². The number of anilines is 1. The van der Waals surface area contributed by atoms with Crippen LogP contribution < -0.4 is 9.64 Å². The zero-order valence-corrected chi connectivity index (χ0v) is 23.0. The van der Waals surface area contributed by atoms with Gasteiger partial charge in [0.05, 0.1) is 23.6 Å². The quantitative estimate of drug-likeness (QED) is 0.362. The fraction of sp³-hybridized carbons (Fsp3) is 0.387. The summed E-state index contributed by atoms with van der Waals surface area (Å²) in [5, 5.41) is 11.6. The Morgan fingerprint density at radius 2 is 1.93 bits per heavy atom. The van der Waals surface area contributed by atoms with E-state index in [1.54, 1.807) is 0 Å². The normalized spacial score (nSPS) is 22.3. The zero-order valence-electron chi connectivity index (χ0n) is 23.0. The number of aromatic nitrogens is 3. The van der Waals surface area contributed by atoms with Crippen LogP contribution in [0, 0.1) is 24.0 Å². The number of fused-ring (bicyclic) bond motifs is 5. The van der Waals surface area contributed by atoms with Gasteiger partial charge >= 0.3 is 6.01 Å². The Morgan fingerprint density at radius 3 is 2.71 bits per heavy atom. The number of benzene rings is 2. The van der Waals surface area contributed by atoms with Crippen LogP contribution in [0.1, 0.15) is 12.0 Å². The third-order valence-corrected chi connectivity index (χ3v) is 8.41. The van der Waals surface area contributed by atoms with Gasteiger partial charge in [-0.3, -0.25) is 14.8 Å². The van der Waals surface area contributed by atoms with E-state index in [-0.39, 0.29) is 45.5 Å². The van der Waals surface area contributed by atoms with Crippen molar-refractivity contribution in [3.05, 3.63) is 47.7 Å². The van der Waals surface area contributed by atoms with Crippen LogP contribution >= 0.6 is 0 Å². The molecule has 11 heteroatoms. The predicted octanol–water partition coefficient (Wildman–Crippen LogP) is 3.42. The monoisotopic (exact) mass is 572 g/mol. The molecule has 4 fully saturated rings. The maximum absolute atomic E-state index is 16.6. The van der Waals surface area contributed by atoms with Crippen molar-refractivity contribution < 1.29 is 23.4 Å². The van der Waals surface area contributed by atoms with Gasteiger partial charge in [0.2, 0.25) is 0 Å². The molecule has 9 nitrogen and oxygen atoms in total. The number of phenolic OH excluding ortho intramolecular Hbond substituents is 1. The Balaban J connectivity index is 1.36. The van der Waals surface area contributed by atoms with Crippen LogP contribution in [0.2, 0.25) is 0 Å². The van der Waals surface area contributed by atoms with Gasteiger partial charge in [0, 0.05) is 69.6 Å². The number of phenols is 1. The fourth-order valence-electron chi connectivity index (χ4n) is 6.28. The Hall–Kier alpha value is -4.11. The van der Waals surface area contributed by atoms with Crippen molar-refractivity contribution >= 4 is 27.5 Å². The van der Waals surface area contributed by atoms with E-state index in [9.17, 15) is 9.50 Å². The second-order valence-electron chi connectivity index (χ2n) is 10.9. The molecule has 8 rings (SSSR count). The lowest BCUT2D eigenvalue weighted by molar-refractivity contribution is -0.00718. The van der Waals surface area contributed by atoms with Crippen molar-refractivity contribution in [1.29, 1.82) is 0 Å². The molecule has 0 radical (unpaired) electrons. The first-order valence-corrected chi connectivity index (χ1v) is 14.2. The van der Waals surface area contributed by atoms with Crippen LogP contribution in [0.3, 0.4) is 0 Å². The zero-order chi connectivity index (χ0) is 28.8. The molecule has 4 aliphatic rings.